The minimum Gasteiger partial charge on any atom is -0.489 e. The van der Waals surface area contributed by atoms with Gasteiger partial charge < -0.3 is 9.26 Å². The molecule has 5 heteroatoms. The van der Waals surface area contributed by atoms with Crippen LogP contribution in [0.25, 0.3) is 23.4 Å². The van der Waals surface area contributed by atoms with Gasteiger partial charge in [0.05, 0.1) is 15.6 Å². The number of aromatic nitrogens is 1. The van der Waals surface area contributed by atoms with Crippen LogP contribution in [0.2, 0.25) is 10.0 Å². The van der Waals surface area contributed by atoms with Gasteiger partial charge in [0, 0.05) is 11.5 Å². The normalized spacial score (nSPS) is 11.5. The largest absolute Gasteiger partial charge is 0.489 e. The van der Waals surface area contributed by atoms with Gasteiger partial charge in [0.25, 0.3) is 0 Å². The summed E-state index contributed by atoms with van der Waals surface area (Å²) >= 11 is 13.1. The highest BCUT2D eigenvalue weighted by Crippen LogP contribution is 2.37. The van der Waals surface area contributed by atoms with Crippen LogP contribution in [0.4, 0.5) is 0 Å². The van der Waals surface area contributed by atoms with Crippen molar-refractivity contribution in [3.63, 3.8) is 0 Å². The number of ether oxygens (including phenoxy) is 1. The Kier molecular flexibility index (Phi) is 7.45. The van der Waals surface area contributed by atoms with Gasteiger partial charge in [-0.05, 0) is 54.8 Å². The van der Waals surface area contributed by atoms with Crippen LogP contribution in [-0.2, 0) is 6.61 Å². The minimum atomic E-state index is 0.153. The number of hydrogen-bond acceptors (Lipinski definition) is 3. The maximum absolute atomic E-state index is 6.56. The Balaban J connectivity index is 1.57. The van der Waals surface area contributed by atoms with Gasteiger partial charge in [-0.1, -0.05) is 96.3 Å². The first kappa shape index (κ1) is 24.1. The molecule has 0 aliphatic carbocycles. The Morgan fingerprint density at radius 1 is 0.941 bits per heavy atom. The molecule has 1 aromatic heterocycles. The van der Waals surface area contributed by atoms with Crippen LogP contribution < -0.4 is 4.74 Å². The van der Waals surface area contributed by atoms with Crippen LogP contribution in [0, 0.1) is 13.8 Å². The van der Waals surface area contributed by atoms with Crippen molar-refractivity contribution in [1.29, 1.82) is 0 Å². The average Bonchev–Trinajstić information content (AvgIpc) is 3.21. The predicted octanol–water partition coefficient (Wildman–Crippen LogP) is 9.14. The first-order chi connectivity index (χ1) is 16.3. The molecule has 1 heterocycles. The zero-order chi connectivity index (χ0) is 24.2. The summed E-state index contributed by atoms with van der Waals surface area (Å²) in [5.74, 6) is 1.62. The predicted molar refractivity (Wildman–Crippen MR) is 142 cm³/mol. The number of aryl methyl sites for hydroxylation is 2. The summed E-state index contributed by atoms with van der Waals surface area (Å²) in [5, 5.41) is 5.62. The molecular formula is C29H27Cl2NO2. The molecule has 0 bridgehead atoms. The zero-order valence-corrected chi connectivity index (χ0v) is 21.2. The molecule has 4 rings (SSSR count). The number of nitrogens with zero attached hydrogens (tertiary/aromatic N) is 1. The Bertz CT molecular complexity index is 1320. The highest BCUT2D eigenvalue weighted by Gasteiger charge is 2.23. The fourth-order valence-electron chi connectivity index (χ4n) is 3.89. The minimum absolute atomic E-state index is 0.153. The first-order valence-electron chi connectivity index (χ1n) is 11.2. The molecule has 0 N–H and O–H groups in total. The van der Waals surface area contributed by atoms with E-state index in [2.05, 4.69) is 50.2 Å². The van der Waals surface area contributed by atoms with E-state index in [1.54, 1.807) is 0 Å². The second-order valence-electron chi connectivity index (χ2n) is 8.68. The van der Waals surface area contributed by atoms with E-state index in [-0.39, 0.29) is 5.92 Å². The van der Waals surface area contributed by atoms with E-state index in [1.807, 2.05) is 55.5 Å². The van der Waals surface area contributed by atoms with Gasteiger partial charge >= 0.3 is 0 Å². The molecule has 0 atom stereocenters. The monoisotopic (exact) mass is 491 g/mol. The summed E-state index contributed by atoms with van der Waals surface area (Å²) in [7, 11) is 0. The summed E-state index contributed by atoms with van der Waals surface area (Å²) in [6.45, 7) is 8.53. The summed E-state index contributed by atoms with van der Waals surface area (Å²) in [5.41, 5.74) is 6.79. The van der Waals surface area contributed by atoms with Crippen molar-refractivity contribution < 1.29 is 9.26 Å². The molecule has 3 nitrogen and oxygen atoms in total. The molecule has 0 amide bonds. The summed E-state index contributed by atoms with van der Waals surface area (Å²) < 4.78 is 11.9. The lowest BCUT2D eigenvalue weighted by Gasteiger charge is -2.12. The van der Waals surface area contributed by atoms with E-state index in [4.69, 9.17) is 32.5 Å². The van der Waals surface area contributed by atoms with Crippen LogP contribution in [-0.4, -0.2) is 5.16 Å². The second-order valence-corrected chi connectivity index (χ2v) is 9.49. The maximum Gasteiger partial charge on any atom is 0.146 e. The third kappa shape index (κ3) is 5.38. The molecule has 0 unspecified atom stereocenters. The molecule has 0 spiro atoms. The molecule has 0 aliphatic rings. The summed E-state index contributed by atoms with van der Waals surface area (Å²) in [4.78, 5) is 0. The first-order valence-corrected chi connectivity index (χ1v) is 12.0. The molecule has 3 aromatic carbocycles. The van der Waals surface area contributed by atoms with Crippen LogP contribution in [0.5, 0.6) is 5.75 Å². The van der Waals surface area contributed by atoms with Crippen molar-refractivity contribution in [3.05, 3.63) is 104 Å². The van der Waals surface area contributed by atoms with Gasteiger partial charge in [0.1, 0.15) is 23.8 Å². The third-order valence-electron chi connectivity index (χ3n) is 5.65. The van der Waals surface area contributed by atoms with Crippen LogP contribution in [0.3, 0.4) is 0 Å². The van der Waals surface area contributed by atoms with Crippen molar-refractivity contribution in [1.82, 2.24) is 5.16 Å². The van der Waals surface area contributed by atoms with Crippen LogP contribution >= 0.6 is 23.2 Å². The van der Waals surface area contributed by atoms with E-state index < -0.39 is 0 Å². The Morgan fingerprint density at radius 2 is 1.74 bits per heavy atom. The van der Waals surface area contributed by atoms with E-state index in [9.17, 15) is 0 Å². The molecule has 0 aliphatic heterocycles. The summed E-state index contributed by atoms with van der Waals surface area (Å²) in [6, 6.07) is 19.8. The fraction of sp³-hybridized carbons (Fsp3) is 0.207. The molecule has 0 radical (unpaired) electrons. The van der Waals surface area contributed by atoms with Crippen LogP contribution in [0.15, 0.2) is 65.2 Å². The van der Waals surface area contributed by atoms with Gasteiger partial charge in [-0.3, -0.25) is 0 Å². The molecule has 0 fully saturated rings. The van der Waals surface area contributed by atoms with Crippen LogP contribution in [0.1, 0.15) is 53.3 Å². The smallest absolute Gasteiger partial charge is 0.146 e. The lowest BCUT2D eigenvalue weighted by atomic mass is 9.98. The zero-order valence-electron chi connectivity index (χ0n) is 19.7. The third-order valence-corrected chi connectivity index (χ3v) is 6.30. The number of hydrogen-bond donors (Lipinski definition) is 0. The van der Waals surface area contributed by atoms with Gasteiger partial charge in [-0.25, -0.2) is 0 Å². The van der Waals surface area contributed by atoms with Crippen molar-refractivity contribution >= 4 is 35.4 Å². The van der Waals surface area contributed by atoms with Crippen molar-refractivity contribution in [3.8, 4) is 17.0 Å². The van der Waals surface area contributed by atoms with E-state index in [0.717, 1.165) is 39.3 Å². The molecule has 0 saturated heterocycles. The Labute approximate surface area is 211 Å². The second kappa shape index (κ2) is 10.5. The molecular weight excluding hydrogens is 465 g/mol. The number of rotatable bonds is 7. The van der Waals surface area contributed by atoms with Gasteiger partial charge in [0.15, 0.2) is 0 Å². The van der Waals surface area contributed by atoms with E-state index in [1.165, 1.54) is 5.56 Å². The number of benzene rings is 3. The molecule has 0 saturated carbocycles. The summed E-state index contributed by atoms with van der Waals surface area (Å²) in [6.07, 6.45) is 4.06. The topological polar surface area (TPSA) is 35.3 Å². The highest BCUT2D eigenvalue weighted by molar-refractivity contribution is 6.33. The van der Waals surface area contributed by atoms with Gasteiger partial charge in [0.2, 0.25) is 0 Å². The van der Waals surface area contributed by atoms with E-state index >= 15 is 0 Å². The Hall–Kier alpha value is -3.01. The molecule has 174 valence electrons. The SMILES string of the molecule is Cc1cccc(/C=C/c2ccc(OCc3c(-c4c(C)cccc4Cl)noc3C(C)C)cc2Cl)c1. The Morgan fingerprint density at radius 3 is 2.44 bits per heavy atom. The number of halogens is 2. The van der Waals surface area contributed by atoms with Crippen molar-refractivity contribution in [2.75, 3.05) is 0 Å². The lowest BCUT2D eigenvalue weighted by molar-refractivity contribution is 0.298. The standard InChI is InChI=1S/C29H27Cl2NO2/c1-18(2)29-24(28(32-34-29)27-20(4)8-6-10-25(27)30)17-33-23-14-13-22(26(31)16-23)12-11-21-9-5-7-19(3)15-21/h5-16,18H,17H2,1-4H3/b12-11+. The van der Waals surface area contributed by atoms with Crippen molar-refractivity contribution in [2.24, 2.45) is 0 Å². The lowest BCUT2D eigenvalue weighted by Crippen LogP contribution is -2.01. The van der Waals surface area contributed by atoms with E-state index in [0.29, 0.717) is 22.4 Å². The maximum atomic E-state index is 6.56. The fourth-order valence-corrected chi connectivity index (χ4v) is 4.44. The van der Waals surface area contributed by atoms with Gasteiger partial charge in [-0.15, -0.1) is 0 Å². The average molecular weight is 492 g/mol. The van der Waals surface area contributed by atoms with Crippen molar-refractivity contribution in [2.45, 2.75) is 40.2 Å². The highest BCUT2D eigenvalue weighted by atomic mass is 35.5. The molecule has 34 heavy (non-hydrogen) atoms. The molecule has 4 aromatic rings. The quantitative estimate of drug-likeness (QED) is 0.241. The van der Waals surface area contributed by atoms with Gasteiger partial charge in [-0.2, -0.15) is 0 Å².